The molecule has 4 N–H and O–H groups in total. The third-order valence-electron chi connectivity index (χ3n) is 4.52. The Kier molecular flexibility index (Phi) is 5.31. The van der Waals surface area contributed by atoms with Gasteiger partial charge in [0.1, 0.15) is 11.6 Å². The minimum absolute atomic E-state index is 0.209. The molecule has 9 heteroatoms. The van der Waals surface area contributed by atoms with Crippen LogP contribution in [0.2, 0.25) is 5.02 Å². The van der Waals surface area contributed by atoms with Crippen molar-refractivity contribution in [2.75, 3.05) is 10.6 Å². The number of amides is 2. The molecule has 0 unspecified atom stereocenters. The quantitative estimate of drug-likeness (QED) is 0.298. The van der Waals surface area contributed by atoms with Crippen molar-refractivity contribution in [1.82, 2.24) is 4.98 Å². The monoisotopic (exact) mass is 441 g/mol. The minimum Gasteiger partial charge on any atom is -0.504 e. The number of phenolic OH excluding ortho intramolecular Hbond substituents is 2. The van der Waals surface area contributed by atoms with Gasteiger partial charge >= 0.3 is 6.03 Å². The summed E-state index contributed by atoms with van der Waals surface area (Å²) in [6, 6.07) is 11.2. The van der Waals surface area contributed by atoms with Crippen LogP contribution in [0.5, 0.6) is 11.5 Å². The van der Waals surface area contributed by atoms with Gasteiger partial charge < -0.3 is 20.8 Å². The summed E-state index contributed by atoms with van der Waals surface area (Å²) in [6.07, 6.45) is 1.40. The number of nitrogens with zero attached hydrogens (tertiary/aromatic N) is 1. The van der Waals surface area contributed by atoms with Crippen molar-refractivity contribution in [1.29, 1.82) is 0 Å². The van der Waals surface area contributed by atoms with Gasteiger partial charge in [-0.05, 0) is 48.0 Å². The largest absolute Gasteiger partial charge is 0.504 e. The minimum atomic E-state index is -0.928. The maximum Gasteiger partial charge on any atom is 0.323 e. The van der Waals surface area contributed by atoms with Crippen molar-refractivity contribution in [3.05, 3.63) is 77.5 Å². The van der Waals surface area contributed by atoms with E-state index in [2.05, 4.69) is 15.6 Å². The average Bonchev–Trinajstić information content (AvgIpc) is 2.72. The third kappa shape index (κ3) is 4.19. The van der Waals surface area contributed by atoms with E-state index >= 15 is 0 Å². The zero-order valence-corrected chi connectivity index (χ0v) is 16.4. The van der Waals surface area contributed by atoms with Crippen molar-refractivity contribution in [3.63, 3.8) is 0 Å². The molecule has 3 aromatic carbocycles. The number of rotatable bonds is 3. The molecule has 0 saturated carbocycles. The second-order valence-electron chi connectivity index (χ2n) is 6.62. The highest BCUT2D eigenvalue weighted by molar-refractivity contribution is 6.31. The zero-order chi connectivity index (χ0) is 22.1. The highest BCUT2D eigenvalue weighted by Gasteiger charge is 2.16. The lowest BCUT2D eigenvalue weighted by Crippen LogP contribution is -2.20. The number of aromatic nitrogens is 1. The van der Waals surface area contributed by atoms with Crippen LogP contribution >= 0.6 is 11.6 Å². The number of hydrogen-bond donors (Lipinski definition) is 4. The number of carbonyl (C=O) groups excluding carboxylic acids is 1. The zero-order valence-electron chi connectivity index (χ0n) is 15.7. The van der Waals surface area contributed by atoms with Crippen LogP contribution in [0, 0.1) is 11.6 Å². The Morgan fingerprint density at radius 2 is 1.68 bits per heavy atom. The maximum absolute atomic E-state index is 13.9. The van der Waals surface area contributed by atoms with Crippen LogP contribution in [-0.2, 0) is 0 Å². The van der Waals surface area contributed by atoms with Crippen LogP contribution < -0.4 is 10.6 Å². The molecule has 6 nitrogen and oxygen atoms in total. The van der Waals surface area contributed by atoms with Crippen LogP contribution in [0.1, 0.15) is 0 Å². The molecule has 31 heavy (non-hydrogen) atoms. The van der Waals surface area contributed by atoms with E-state index in [4.69, 9.17) is 11.6 Å². The number of pyridine rings is 1. The first-order valence-electron chi connectivity index (χ1n) is 8.95. The lowest BCUT2D eigenvalue weighted by molar-refractivity contribution is 0.262. The molecule has 0 atom stereocenters. The number of phenols is 2. The van der Waals surface area contributed by atoms with E-state index < -0.39 is 17.7 Å². The lowest BCUT2D eigenvalue weighted by atomic mass is 9.99. The summed E-state index contributed by atoms with van der Waals surface area (Å²) in [4.78, 5) is 16.8. The van der Waals surface area contributed by atoms with E-state index in [1.807, 2.05) is 0 Å². The number of aromatic hydroxyl groups is 2. The van der Waals surface area contributed by atoms with Gasteiger partial charge in [0.05, 0.1) is 23.1 Å². The molecule has 4 aromatic rings. The summed E-state index contributed by atoms with van der Waals surface area (Å²) in [5.74, 6) is -2.36. The fourth-order valence-corrected chi connectivity index (χ4v) is 3.29. The van der Waals surface area contributed by atoms with Gasteiger partial charge in [-0.25, -0.2) is 13.6 Å². The second-order valence-corrected chi connectivity index (χ2v) is 7.05. The Morgan fingerprint density at radius 1 is 0.903 bits per heavy atom. The number of benzene rings is 3. The number of nitrogens with one attached hydrogen (secondary N) is 2. The molecule has 0 radical (unpaired) electrons. The fourth-order valence-electron chi connectivity index (χ4n) is 3.12. The summed E-state index contributed by atoms with van der Waals surface area (Å²) in [6.45, 7) is 0. The Bertz CT molecular complexity index is 1330. The Hall–Kier alpha value is -3.91. The third-order valence-corrected chi connectivity index (χ3v) is 4.76. The lowest BCUT2D eigenvalue weighted by Gasteiger charge is -2.15. The predicted octanol–water partition coefficient (Wildman–Crippen LogP) is 5.89. The maximum atomic E-state index is 13.9. The first-order chi connectivity index (χ1) is 14.8. The standard InChI is InChI=1S/C22H14ClF2N3O3/c23-12-2-4-16-14(8-12)21(11-1-6-19(29)20(30)7-11)18(10-26-16)28-22(31)27-17-5-3-13(24)9-15(17)25/h1-10,29-30H,(H2,27,28,31). The van der Waals surface area contributed by atoms with E-state index in [9.17, 15) is 23.8 Å². The van der Waals surface area contributed by atoms with Crippen molar-refractivity contribution in [2.45, 2.75) is 0 Å². The summed E-state index contributed by atoms with van der Waals surface area (Å²) in [7, 11) is 0. The molecular formula is C22H14ClF2N3O3. The topological polar surface area (TPSA) is 94.5 Å². The van der Waals surface area contributed by atoms with E-state index in [0.29, 0.717) is 33.1 Å². The fraction of sp³-hybridized carbons (Fsp3) is 0. The molecule has 0 bridgehead atoms. The molecule has 156 valence electrons. The smallest absolute Gasteiger partial charge is 0.323 e. The van der Waals surface area contributed by atoms with Gasteiger partial charge in [-0.15, -0.1) is 0 Å². The van der Waals surface area contributed by atoms with Crippen molar-refractivity contribution >= 4 is 39.9 Å². The van der Waals surface area contributed by atoms with Crippen molar-refractivity contribution in [2.24, 2.45) is 0 Å². The molecule has 0 saturated heterocycles. The van der Waals surface area contributed by atoms with Gasteiger partial charge in [-0.1, -0.05) is 17.7 Å². The molecule has 1 aromatic heterocycles. The second kappa shape index (κ2) is 8.08. The van der Waals surface area contributed by atoms with Crippen LogP contribution in [0.15, 0.2) is 60.8 Å². The van der Waals surface area contributed by atoms with E-state index in [-0.39, 0.29) is 22.9 Å². The number of halogens is 3. The molecule has 0 aliphatic carbocycles. The van der Waals surface area contributed by atoms with E-state index in [1.165, 1.54) is 18.3 Å². The Balaban J connectivity index is 1.78. The van der Waals surface area contributed by atoms with Gasteiger partial charge in [-0.2, -0.15) is 0 Å². The number of fused-ring (bicyclic) bond motifs is 1. The predicted molar refractivity (Wildman–Crippen MR) is 115 cm³/mol. The number of carbonyl (C=O) groups is 1. The van der Waals surface area contributed by atoms with Crippen LogP contribution in [0.25, 0.3) is 22.0 Å². The van der Waals surface area contributed by atoms with Crippen LogP contribution in [0.4, 0.5) is 25.0 Å². The Labute approximate surface area is 179 Å². The van der Waals surface area contributed by atoms with Gasteiger partial charge in [0.25, 0.3) is 0 Å². The van der Waals surface area contributed by atoms with Gasteiger partial charge in [0.15, 0.2) is 11.5 Å². The number of anilines is 2. The molecule has 0 aliphatic rings. The molecule has 1 heterocycles. The summed E-state index contributed by atoms with van der Waals surface area (Å²) >= 11 is 6.14. The highest BCUT2D eigenvalue weighted by Crippen LogP contribution is 2.39. The van der Waals surface area contributed by atoms with E-state index in [1.54, 1.807) is 24.3 Å². The highest BCUT2D eigenvalue weighted by atomic mass is 35.5. The van der Waals surface area contributed by atoms with Gasteiger partial charge in [-0.3, -0.25) is 4.98 Å². The molecular weight excluding hydrogens is 428 g/mol. The summed E-state index contributed by atoms with van der Waals surface area (Å²) in [5.41, 5.74) is 1.53. The number of urea groups is 1. The molecule has 4 rings (SSSR count). The van der Waals surface area contributed by atoms with Crippen molar-refractivity contribution in [3.8, 4) is 22.6 Å². The molecule has 0 spiro atoms. The van der Waals surface area contributed by atoms with Gasteiger partial charge in [0.2, 0.25) is 0 Å². The van der Waals surface area contributed by atoms with Crippen LogP contribution in [0.3, 0.4) is 0 Å². The first kappa shape index (κ1) is 20.4. The SMILES string of the molecule is O=C(Nc1ccc(F)cc1F)Nc1cnc2ccc(Cl)cc2c1-c1ccc(O)c(O)c1. The van der Waals surface area contributed by atoms with Crippen LogP contribution in [-0.4, -0.2) is 21.2 Å². The van der Waals surface area contributed by atoms with Crippen molar-refractivity contribution < 1.29 is 23.8 Å². The molecule has 0 fully saturated rings. The number of hydrogen-bond acceptors (Lipinski definition) is 4. The molecule has 2 amide bonds. The van der Waals surface area contributed by atoms with E-state index in [0.717, 1.165) is 12.1 Å². The normalized spacial score (nSPS) is 10.8. The average molecular weight is 442 g/mol. The Morgan fingerprint density at radius 3 is 2.42 bits per heavy atom. The first-order valence-corrected chi connectivity index (χ1v) is 9.33. The summed E-state index contributed by atoms with van der Waals surface area (Å²) < 4.78 is 27.0. The summed E-state index contributed by atoms with van der Waals surface area (Å²) in [5, 5.41) is 25.5. The van der Waals surface area contributed by atoms with Gasteiger partial charge in [0, 0.05) is 22.0 Å². The molecule has 0 aliphatic heterocycles.